The highest BCUT2D eigenvalue weighted by atomic mass is 79.9. The number of amides is 1. The molecule has 0 saturated carbocycles. The van der Waals surface area contributed by atoms with Gasteiger partial charge in [-0.2, -0.15) is 0 Å². The molecular weight excluding hydrogens is 398 g/mol. The summed E-state index contributed by atoms with van der Waals surface area (Å²) >= 11 is 3.32. The predicted molar refractivity (Wildman–Crippen MR) is 103 cm³/mol. The first-order chi connectivity index (χ1) is 12.6. The molecule has 26 heavy (non-hydrogen) atoms. The van der Waals surface area contributed by atoms with Crippen LogP contribution in [0.2, 0.25) is 0 Å². The number of hydrogen-bond donors (Lipinski definition) is 1. The van der Waals surface area contributed by atoms with Crippen LogP contribution < -0.4 is 10.1 Å². The van der Waals surface area contributed by atoms with Crippen LogP contribution >= 0.6 is 15.9 Å². The van der Waals surface area contributed by atoms with Crippen LogP contribution in [-0.2, 0) is 14.3 Å². The van der Waals surface area contributed by atoms with Crippen molar-refractivity contribution in [1.29, 1.82) is 0 Å². The zero-order chi connectivity index (χ0) is 18.8. The summed E-state index contributed by atoms with van der Waals surface area (Å²) in [6.45, 7) is 1.48. The molecule has 0 bridgehead atoms. The summed E-state index contributed by atoms with van der Waals surface area (Å²) in [7, 11) is 0. The lowest BCUT2D eigenvalue weighted by molar-refractivity contribution is -0.150. The highest BCUT2D eigenvalue weighted by molar-refractivity contribution is 9.10. The molecule has 0 heterocycles. The quantitative estimate of drug-likeness (QED) is 0.623. The summed E-state index contributed by atoms with van der Waals surface area (Å²) in [5.41, 5.74) is 1.03. The van der Waals surface area contributed by atoms with E-state index < -0.39 is 5.97 Å². The van der Waals surface area contributed by atoms with Gasteiger partial charge in [0.15, 0.2) is 13.2 Å². The average molecular weight is 420 g/mol. The van der Waals surface area contributed by atoms with Crippen molar-refractivity contribution < 1.29 is 19.1 Å². The Hall–Kier alpha value is -2.34. The van der Waals surface area contributed by atoms with Crippen LogP contribution in [0.1, 0.15) is 31.4 Å². The van der Waals surface area contributed by atoms with Crippen LogP contribution in [0.3, 0.4) is 0 Å². The summed E-state index contributed by atoms with van der Waals surface area (Å²) in [6.07, 6.45) is 1.75. The molecular formula is C20H22BrNO4. The summed E-state index contributed by atoms with van der Waals surface area (Å²) in [6, 6.07) is 16.8. The van der Waals surface area contributed by atoms with Gasteiger partial charge in [-0.1, -0.05) is 65.7 Å². The van der Waals surface area contributed by atoms with Gasteiger partial charge in [0.2, 0.25) is 0 Å². The second-order valence-electron chi connectivity index (χ2n) is 5.73. The second-order valence-corrected chi connectivity index (χ2v) is 6.64. The maximum atomic E-state index is 12.1. The highest BCUT2D eigenvalue weighted by Crippen LogP contribution is 2.18. The second kappa shape index (κ2) is 10.6. The smallest absolute Gasteiger partial charge is 0.344 e. The molecule has 0 aromatic heterocycles. The number of carbonyl (C=O) groups excluding carboxylic acids is 2. The minimum atomic E-state index is -0.591. The molecule has 1 unspecified atom stereocenters. The maximum Gasteiger partial charge on any atom is 0.344 e. The van der Waals surface area contributed by atoms with Crippen LogP contribution in [0.4, 0.5) is 0 Å². The molecule has 0 radical (unpaired) electrons. The number of carbonyl (C=O) groups is 2. The van der Waals surface area contributed by atoms with Gasteiger partial charge in [-0.05, 0) is 30.2 Å². The number of nitrogens with one attached hydrogen (secondary N) is 1. The molecule has 0 aliphatic carbocycles. The highest BCUT2D eigenvalue weighted by Gasteiger charge is 2.15. The van der Waals surface area contributed by atoms with Crippen LogP contribution in [-0.4, -0.2) is 25.1 Å². The molecule has 0 fully saturated rings. The third kappa shape index (κ3) is 6.88. The Kier molecular flexibility index (Phi) is 8.15. The average Bonchev–Trinajstić information content (AvgIpc) is 2.65. The fourth-order valence-corrected chi connectivity index (χ4v) is 2.80. The number of benzene rings is 2. The van der Waals surface area contributed by atoms with Crippen molar-refractivity contribution in [2.75, 3.05) is 13.2 Å². The monoisotopic (exact) mass is 419 g/mol. The van der Waals surface area contributed by atoms with E-state index in [9.17, 15) is 9.59 Å². The summed E-state index contributed by atoms with van der Waals surface area (Å²) in [5, 5.41) is 2.91. The van der Waals surface area contributed by atoms with Gasteiger partial charge in [-0.15, -0.1) is 0 Å². The normalized spacial score (nSPS) is 11.5. The van der Waals surface area contributed by atoms with E-state index in [2.05, 4.69) is 28.2 Å². The Bertz CT molecular complexity index is 721. The molecule has 5 nitrogen and oxygen atoms in total. The fraction of sp³-hybridized carbons (Fsp3) is 0.300. The fourth-order valence-electron chi connectivity index (χ4n) is 2.42. The maximum absolute atomic E-state index is 12.1. The van der Waals surface area contributed by atoms with Gasteiger partial charge >= 0.3 is 5.97 Å². The predicted octanol–water partition coefficient (Wildman–Crippen LogP) is 4.03. The largest absolute Gasteiger partial charge is 0.482 e. The number of ether oxygens (including phenoxy) is 2. The SMILES string of the molecule is CCCC(NC(=O)COC(=O)COc1cccc(Br)c1)c1ccccc1. The molecule has 6 heteroatoms. The van der Waals surface area contributed by atoms with E-state index in [0.717, 1.165) is 22.9 Å². The first-order valence-electron chi connectivity index (χ1n) is 8.46. The lowest BCUT2D eigenvalue weighted by atomic mass is 10.0. The third-order valence-electron chi connectivity index (χ3n) is 3.63. The van der Waals surface area contributed by atoms with Gasteiger partial charge in [-0.3, -0.25) is 4.79 Å². The first kappa shape index (κ1) is 20.0. The van der Waals surface area contributed by atoms with Crippen molar-refractivity contribution >= 4 is 27.8 Å². The molecule has 2 rings (SSSR count). The first-order valence-corrected chi connectivity index (χ1v) is 9.26. The molecule has 2 aromatic carbocycles. The van der Waals surface area contributed by atoms with Crippen LogP contribution in [0.5, 0.6) is 5.75 Å². The van der Waals surface area contributed by atoms with Crippen molar-refractivity contribution in [1.82, 2.24) is 5.32 Å². The van der Waals surface area contributed by atoms with Crippen molar-refractivity contribution in [2.45, 2.75) is 25.8 Å². The zero-order valence-electron chi connectivity index (χ0n) is 14.6. The number of rotatable bonds is 9. The molecule has 0 spiro atoms. The zero-order valence-corrected chi connectivity index (χ0v) is 16.2. The molecule has 0 aliphatic rings. The summed E-state index contributed by atoms with van der Waals surface area (Å²) in [4.78, 5) is 23.8. The molecule has 1 amide bonds. The molecule has 0 aliphatic heterocycles. The van der Waals surface area contributed by atoms with E-state index in [1.165, 1.54) is 0 Å². The van der Waals surface area contributed by atoms with Gasteiger partial charge < -0.3 is 14.8 Å². The van der Waals surface area contributed by atoms with E-state index in [-0.39, 0.29) is 25.2 Å². The lowest BCUT2D eigenvalue weighted by Crippen LogP contribution is -2.33. The van der Waals surface area contributed by atoms with E-state index >= 15 is 0 Å². The Morgan fingerprint density at radius 3 is 2.54 bits per heavy atom. The Morgan fingerprint density at radius 1 is 1.08 bits per heavy atom. The van der Waals surface area contributed by atoms with E-state index in [1.807, 2.05) is 36.4 Å². The Balaban J connectivity index is 1.77. The molecule has 1 atom stereocenters. The molecule has 138 valence electrons. The van der Waals surface area contributed by atoms with Gasteiger partial charge in [0.25, 0.3) is 5.91 Å². The van der Waals surface area contributed by atoms with Crippen molar-refractivity contribution in [3.8, 4) is 5.75 Å². The summed E-state index contributed by atoms with van der Waals surface area (Å²) in [5.74, 6) is -0.372. The molecule has 2 aromatic rings. The standard InChI is InChI=1S/C20H22BrNO4/c1-2-7-18(15-8-4-3-5-9-15)22-19(23)13-26-20(24)14-25-17-11-6-10-16(21)12-17/h3-6,8-12,18H,2,7,13-14H2,1H3,(H,22,23). The molecule has 0 saturated heterocycles. The Labute approximate surface area is 161 Å². The van der Waals surface area contributed by atoms with Gasteiger partial charge in [0, 0.05) is 4.47 Å². The minimum Gasteiger partial charge on any atom is -0.482 e. The van der Waals surface area contributed by atoms with E-state index in [4.69, 9.17) is 9.47 Å². The van der Waals surface area contributed by atoms with Crippen molar-refractivity contribution in [3.05, 3.63) is 64.6 Å². The molecule has 1 N–H and O–H groups in total. The third-order valence-corrected chi connectivity index (χ3v) is 4.12. The van der Waals surface area contributed by atoms with Crippen LogP contribution in [0, 0.1) is 0 Å². The summed E-state index contributed by atoms with van der Waals surface area (Å²) < 4.78 is 11.2. The van der Waals surface area contributed by atoms with Crippen LogP contribution in [0.25, 0.3) is 0 Å². The van der Waals surface area contributed by atoms with Gasteiger partial charge in [0.1, 0.15) is 5.75 Å². The van der Waals surface area contributed by atoms with Crippen molar-refractivity contribution in [3.63, 3.8) is 0 Å². The van der Waals surface area contributed by atoms with Crippen molar-refractivity contribution in [2.24, 2.45) is 0 Å². The number of esters is 1. The number of halogens is 1. The van der Waals surface area contributed by atoms with Crippen LogP contribution in [0.15, 0.2) is 59.1 Å². The Morgan fingerprint density at radius 2 is 1.85 bits per heavy atom. The minimum absolute atomic E-state index is 0.0923. The lowest BCUT2D eigenvalue weighted by Gasteiger charge is -2.18. The van der Waals surface area contributed by atoms with E-state index in [0.29, 0.717) is 5.75 Å². The van der Waals surface area contributed by atoms with Gasteiger partial charge in [-0.25, -0.2) is 4.79 Å². The number of hydrogen-bond acceptors (Lipinski definition) is 4. The van der Waals surface area contributed by atoms with E-state index in [1.54, 1.807) is 18.2 Å². The van der Waals surface area contributed by atoms with Gasteiger partial charge in [0.05, 0.1) is 6.04 Å². The topological polar surface area (TPSA) is 64.6 Å².